The van der Waals surface area contributed by atoms with Gasteiger partial charge < -0.3 is 29.2 Å². The minimum atomic E-state index is -1.48. The molecule has 0 atom stereocenters. The van der Waals surface area contributed by atoms with Crippen LogP contribution < -0.4 is 14.9 Å². The topological polar surface area (TPSA) is 144 Å². The van der Waals surface area contributed by atoms with Gasteiger partial charge in [0.05, 0.1) is 30.7 Å². The Bertz CT molecular complexity index is 1250. The van der Waals surface area contributed by atoms with E-state index in [9.17, 15) is 29.7 Å². The molecule has 1 aromatic heterocycles. The Kier molecular flexibility index (Phi) is 5.87. The first-order valence-corrected chi connectivity index (χ1v) is 9.29. The lowest BCUT2D eigenvalue weighted by molar-refractivity contribution is 0.0696. The fourth-order valence-corrected chi connectivity index (χ4v) is 3.45. The second kappa shape index (κ2) is 8.39. The molecular formula is C22H20O9. The molecule has 0 aliphatic heterocycles. The average Bonchev–Trinajstić information content (AvgIpc) is 2.74. The van der Waals surface area contributed by atoms with Gasteiger partial charge in [-0.1, -0.05) is 13.3 Å². The first kappa shape index (κ1) is 21.7. The van der Waals surface area contributed by atoms with Gasteiger partial charge >= 0.3 is 11.9 Å². The Labute approximate surface area is 176 Å². The quantitative estimate of drug-likeness (QED) is 0.515. The molecule has 0 amide bonds. The van der Waals surface area contributed by atoms with Crippen LogP contribution in [0, 0.1) is 0 Å². The van der Waals surface area contributed by atoms with Crippen molar-refractivity contribution in [3.63, 3.8) is 0 Å². The predicted molar refractivity (Wildman–Crippen MR) is 111 cm³/mol. The molecule has 1 heterocycles. The molecule has 0 unspecified atom stereocenters. The van der Waals surface area contributed by atoms with Crippen molar-refractivity contribution in [2.75, 3.05) is 14.2 Å². The number of carboxylic acids is 2. The molecule has 0 aliphatic rings. The highest BCUT2D eigenvalue weighted by atomic mass is 16.5. The van der Waals surface area contributed by atoms with Crippen LogP contribution in [0.1, 0.15) is 39.6 Å². The molecule has 2 aromatic carbocycles. The average molecular weight is 428 g/mol. The summed E-state index contributed by atoms with van der Waals surface area (Å²) >= 11 is 0. The third kappa shape index (κ3) is 3.65. The minimum absolute atomic E-state index is 0.0553. The zero-order valence-corrected chi connectivity index (χ0v) is 17.0. The van der Waals surface area contributed by atoms with Crippen LogP contribution >= 0.6 is 0 Å². The molecule has 9 heteroatoms. The Morgan fingerprint density at radius 3 is 2.32 bits per heavy atom. The van der Waals surface area contributed by atoms with Crippen molar-refractivity contribution < 1.29 is 38.8 Å². The number of hydrogen-bond donors (Lipinski definition) is 3. The van der Waals surface area contributed by atoms with Gasteiger partial charge in [0.25, 0.3) is 0 Å². The number of aromatic carboxylic acids is 2. The predicted octanol–water partition coefficient (Wildman–Crippen LogP) is 3.53. The maximum absolute atomic E-state index is 13.2. The highest BCUT2D eigenvalue weighted by Crippen LogP contribution is 2.41. The lowest BCUT2D eigenvalue weighted by atomic mass is 9.97. The van der Waals surface area contributed by atoms with Crippen molar-refractivity contribution in [2.24, 2.45) is 0 Å². The fraction of sp³-hybridized carbons (Fsp3) is 0.227. The SMILES string of the molecule is CCCc1c(-c2oc3cc(C(=O)O)cc(C(=O)O)c3c(=O)c2OC)ccc(OC)c1O. The summed E-state index contributed by atoms with van der Waals surface area (Å²) < 4.78 is 16.2. The van der Waals surface area contributed by atoms with Gasteiger partial charge in [-0.2, -0.15) is 0 Å². The van der Waals surface area contributed by atoms with E-state index in [-0.39, 0.29) is 39.5 Å². The fourth-order valence-electron chi connectivity index (χ4n) is 3.45. The molecule has 162 valence electrons. The van der Waals surface area contributed by atoms with E-state index < -0.39 is 22.9 Å². The summed E-state index contributed by atoms with van der Waals surface area (Å²) in [5.74, 6) is -3.07. The van der Waals surface area contributed by atoms with Gasteiger partial charge in [-0.25, -0.2) is 9.59 Å². The van der Waals surface area contributed by atoms with Gasteiger partial charge in [-0.3, -0.25) is 4.79 Å². The molecule has 3 aromatic rings. The number of benzene rings is 2. The maximum atomic E-state index is 13.2. The summed E-state index contributed by atoms with van der Waals surface area (Å²) in [6.45, 7) is 1.90. The van der Waals surface area contributed by atoms with Gasteiger partial charge in [-0.05, 0) is 30.7 Å². The summed E-state index contributed by atoms with van der Waals surface area (Å²) in [5, 5.41) is 29.1. The Morgan fingerprint density at radius 1 is 1.06 bits per heavy atom. The monoisotopic (exact) mass is 428 g/mol. The number of hydrogen-bond acceptors (Lipinski definition) is 7. The minimum Gasteiger partial charge on any atom is -0.504 e. The smallest absolute Gasteiger partial charge is 0.336 e. The summed E-state index contributed by atoms with van der Waals surface area (Å²) in [4.78, 5) is 36.3. The first-order valence-electron chi connectivity index (χ1n) is 9.29. The maximum Gasteiger partial charge on any atom is 0.336 e. The Hall–Kier alpha value is -4.01. The third-order valence-corrected chi connectivity index (χ3v) is 4.85. The highest BCUT2D eigenvalue weighted by Gasteiger charge is 2.26. The van der Waals surface area contributed by atoms with Gasteiger partial charge in [0.2, 0.25) is 11.2 Å². The van der Waals surface area contributed by atoms with Gasteiger partial charge in [0, 0.05) is 11.1 Å². The van der Waals surface area contributed by atoms with E-state index in [1.807, 2.05) is 6.92 Å². The Balaban J connectivity index is 2.48. The van der Waals surface area contributed by atoms with E-state index in [1.165, 1.54) is 20.3 Å². The lowest BCUT2D eigenvalue weighted by Gasteiger charge is -2.16. The van der Waals surface area contributed by atoms with Crippen LogP contribution in [0.25, 0.3) is 22.3 Å². The van der Waals surface area contributed by atoms with Crippen LogP contribution in [0.5, 0.6) is 17.2 Å². The molecule has 0 fully saturated rings. The van der Waals surface area contributed by atoms with Gasteiger partial charge in [0.1, 0.15) is 5.58 Å². The molecule has 3 rings (SSSR count). The van der Waals surface area contributed by atoms with Gasteiger partial charge in [-0.15, -0.1) is 0 Å². The number of methoxy groups -OCH3 is 2. The van der Waals surface area contributed by atoms with Crippen molar-refractivity contribution in [2.45, 2.75) is 19.8 Å². The number of aromatic hydroxyl groups is 1. The second-order valence-electron chi connectivity index (χ2n) is 6.69. The summed E-state index contributed by atoms with van der Waals surface area (Å²) in [6, 6.07) is 5.04. The van der Waals surface area contributed by atoms with Crippen molar-refractivity contribution in [3.8, 4) is 28.6 Å². The summed E-state index contributed by atoms with van der Waals surface area (Å²) in [7, 11) is 2.64. The van der Waals surface area contributed by atoms with Crippen molar-refractivity contribution in [1.29, 1.82) is 0 Å². The number of phenols is 1. The van der Waals surface area contributed by atoms with Crippen molar-refractivity contribution in [1.82, 2.24) is 0 Å². The molecule has 31 heavy (non-hydrogen) atoms. The van der Waals surface area contributed by atoms with E-state index >= 15 is 0 Å². The zero-order valence-electron chi connectivity index (χ0n) is 17.0. The molecule has 0 saturated heterocycles. The van der Waals surface area contributed by atoms with Gasteiger partial charge in [0.15, 0.2) is 17.3 Å². The molecular weight excluding hydrogens is 408 g/mol. The normalized spacial score (nSPS) is 10.8. The molecule has 0 bridgehead atoms. The van der Waals surface area contributed by atoms with Crippen LogP contribution in [-0.2, 0) is 6.42 Å². The van der Waals surface area contributed by atoms with Crippen molar-refractivity contribution in [3.05, 3.63) is 51.2 Å². The zero-order chi connectivity index (χ0) is 22.9. The van der Waals surface area contributed by atoms with Crippen LogP contribution in [0.15, 0.2) is 33.5 Å². The van der Waals surface area contributed by atoms with E-state index in [1.54, 1.807) is 6.07 Å². The molecule has 0 saturated carbocycles. The number of ether oxygens (including phenoxy) is 2. The first-order chi connectivity index (χ1) is 14.7. The lowest BCUT2D eigenvalue weighted by Crippen LogP contribution is -2.13. The molecule has 0 radical (unpaired) electrons. The number of carbonyl (C=O) groups is 2. The standard InChI is InChI=1S/C22H20O9/c1-4-5-11-12(6-7-14(29-2)17(11)23)19-20(30-3)18(24)16-13(22(27)28)8-10(21(25)26)9-15(16)31-19/h6-9,23H,4-5H2,1-3H3,(H,25,26)(H,27,28). The molecule has 0 aliphatic carbocycles. The molecule has 0 spiro atoms. The van der Waals surface area contributed by atoms with Crippen LogP contribution in [0.2, 0.25) is 0 Å². The summed E-state index contributed by atoms with van der Waals surface area (Å²) in [5.41, 5.74) is -1.08. The van der Waals surface area contributed by atoms with Crippen LogP contribution in [0.4, 0.5) is 0 Å². The van der Waals surface area contributed by atoms with Crippen LogP contribution in [-0.4, -0.2) is 41.5 Å². The summed E-state index contributed by atoms with van der Waals surface area (Å²) in [6.07, 6.45) is 1.07. The number of carboxylic acid groups (broad SMARTS) is 2. The van der Waals surface area contributed by atoms with E-state index in [4.69, 9.17) is 13.9 Å². The molecule has 3 N–H and O–H groups in total. The highest BCUT2D eigenvalue weighted by molar-refractivity contribution is 6.06. The number of phenolic OH excluding ortho intramolecular Hbond substituents is 1. The van der Waals surface area contributed by atoms with Crippen LogP contribution in [0.3, 0.4) is 0 Å². The second-order valence-corrected chi connectivity index (χ2v) is 6.69. The van der Waals surface area contributed by atoms with E-state index in [2.05, 4.69) is 0 Å². The largest absolute Gasteiger partial charge is 0.504 e. The number of rotatable bonds is 7. The number of fused-ring (bicyclic) bond motifs is 1. The third-order valence-electron chi connectivity index (χ3n) is 4.85. The van der Waals surface area contributed by atoms with E-state index in [0.717, 1.165) is 12.1 Å². The Morgan fingerprint density at radius 2 is 1.77 bits per heavy atom. The molecule has 9 nitrogen and oxygen atoms in total. The van der Waals surface area contributed by atoms with Crippen molar-refractivity contribution >= 4 is 22.9 Å². The van der Waals surface area contributed by atoms with E-state index in [0.29, 0.717) is 24.0 Å².